The van der Waals surface area contributed by atoms with Crippen LogP contribution in [0.3, 0.4) is 0 Å². The van der Waals surface area contributed by atoms with Gasteiger partial charge in [0, 0.05) is 32.1 Å². The average molecular weight is 474 g/mol. The SMILES string of the molecule is COCCCn1c(O)c(CS(=O)(=O)O)c(C)c(N=Nc2ccc(S(C)(=O)=O)cc2)c1=O. The Balaban J connectivity index is 2.56. The molecule has 1 heterocycles. The molecule has 170 valence electrons. The van der Waals surface area contributed by atoms with Crippen LogP contribution in [-0.2, 0) is 37.0 Å². The molecule has 0 amide bonds. The Kier molecular flexibility index (Phi) is 7.70. The lowest BCUT2D eigenvalue weighted by Gasteiger charge is -2.15. The highest BCUT2D eigenvalue weighted by atomic mass is 32.2. The molecule has 2 N–H and O–H groups in total. The number of aromatic hydroxyl groups is 1. The van der Waals surface area contributed by atoms with Crippen molar-refractivity contribution in [2.24, 2.45) is 10.2 Å². The van der Waals surface area contributed by atoms with E-state index in [-0.39, 0.29) is 40.5 Å². The van der Waals surface area contributed by atoms with Crippen LogP contribution in [0.4, 0.5) is 11.4 Å². The predicted octanol–water partition coefficient (Wildman–Crippen LogP) is 2.11. The van der Waals surface area contributed by atoms with Gasteiger partial charge in [-0.1, -0.05) is 0 Å². The number of methoxy groups -OCH3 is 1. The average Bonchev–Trinajstić information content (AvgIpc) is 2.67. The highest BCUT2D eigenvalue weighted by molar-refractivity contribution is 7.90. The van der Waals surface area contributed by atoms with Gasteiger partial charge in [-0.05, 0) is 43.2 Å². The molecule has 0 bridgehead atoms. The van der Waals surface area contributed by atoms with E-state index in [4.69, 9.17) is 4.74 Å². The molecule has 0 saturated heterocycles. The van der Waals surface area contributed by atoms with Gasteiger partial charge in [-0.15, -0.1) is 5.11 Å². The molecule has 0 spiro atoms. The van der Waals surface area contributed by atoms with Gasteiger partial charge in [0.1, 0.15) is 5.75 Å². The van der Waals surface area contributed by atoms with Crippen LogP contribution in [0.2, 0.25) is 0 Å². The monoisotopic (exact) mass is 473 g/mol. The Bertz CT molecular complexity index is 1250. The largest absolute Gasteiger partial charge is 0.494 e. The molecule has 1 aromatic carbocycles. The quantitative estimate of drug-likeness (QED) is 0.317. The Hall–Kier alpha value is -2.61. The fraction of sp³-hybridized carbons (Fsp3) is 0.389. The standard InChI is InChI=1S/C18H23N3O8S2/c1-12-15(11-31(26,27)28)17(22)21(9-4-10-29-2)18(23)16(12)20-19-13-5-7-14(8-6-13)30(3,24)25/h5-8,22H,4,9-11H2,1-3H3,(H,26,27,28). The van der Waals surface area contributed by atoms with Gasteiger partial charge in [-0.2, -0.15) is 13.5 Å². The van der Waals surface area contributed by atoms with E-state index >= 15 is 0 Å². The van der Waals surface area contributed by atoms with Crippen LogP contribution < -0.4 is 5.56 Å². The lowest BCUT2D eigenvalue weighted by molar-refractivity contribution is 0.188. The third kappa shape index (κ3) is 6.43. The first kappa shape index (κ1) is 24.7. The fourth-order valence-corrected chi connectivity index (χ4v) is 4.11. The minimum absolute atomic E-state index is 0.0167. The summed E-state index contributed by atoms with van der Waals surface area (Å²) in [5.41, 5.74) is -0.815. The van der Waals surface area contributed by atoms with Crippen molar-refractivity contribution in [2.45, 2.75) is 30.5 Å². The molecule has 0 aliphatic heterocycles. The summed E-state index contributed by atoms with van der Waals surface area (Å²) in [4.78, 5) is 12.9. The third-order valence-corrected chi connectivity index (χ3v) is 6.15. The first-order chi connectivity index (χ1) is 14.3. The number of aromatic nitrogens is 1. The molecular formula is C18H23N3O8S2. The van der Waals surface area contributed by atoms with Gasteiger partial charge in [0.15, 0.2) is 21.4 Å². The van der Waals surface area contributed by atoms with Crippen LogP contribution in [-0.4, -0.2) is 51.0 Å². The second-order valence-electron chi connectivity index (χ2n) is 6.77. The van der Waals surface area contributed by atoms with E-state index in [1.54, 1.807) is 0 Å². The topological polar surface area (TPSA) is 165 Å². The van der Waals surface area contributed by atoms with Crippen molar-refractivity contribution in [3.8, 4) is 5.88 Å². The van der Waals surface area contributed by atoms with Crippen molar-refractivity contribution in [3.63, 3.8) is 0 Å². The zero-order valence-electron chi connectivity index (χ0n) is 17.1. The summed E-state index contributed by atoms with van der Waals surface area (Å²) in [6.45, 7) is 1.68. The molecule has 0 radical (unpaired) electrons. The second-order valence-corrected chi connectivity index (χ2v) is 10.2. The predicted molar refractivity (Wildman–Crippen MR) is 113 cm³/mol. The Morgan fingerprint density at radius 2 is 1.71 bits per heavy atom. The van der Waals surface area contributed by atoms with E-state index in [9.17, 15) is 31.3 Å². The number of benzene rings is 1. The van der Waals surface area contributed by atoms with Gasteiger partial charge in [-0.3, -0.25) is 13.9 Å². The van der Waals surface area contributed by atoms with Crippen molar-refractivity contribution in [1.29, 1.82) is 0 Å². The molecular weight excluding hydrogens is 450 g/mol. The first-order valence-electron chi connectivity index (χ1n) is 8.96. The van der Waals surface area contributed by atoms with E-state index in [1.165, 1.54) is 38.3 Å². The lowest BCUT2D eigenvalue weighted by Crippen LogP contribution is -2.23. The number of sulfone groups is 1. The maximum atomic E-state index is 12.8. The normalized spacial score (nSPS) is 12.5. The number of azo groups is 1. The van der Waals surface area contributed by atoms with Crippen LogP contribution >= 0.6 is 0 Å². The van der Waals surface area contributed by atoms with E-state index in [2.05, 4.69) is 10.2 Å². The van der Waals surface area contributed by atoms with Crippen molar-refractivity contribution in [3.05, 3.63) is 45.7 Å². The number of hydrogen-bond acceptors (Lipinski definition) is 9. The van der Waals surface area contributed by atoms with Crippen molar-refractivity contribution < 1.29 is 31.2 Å². The number of pyridine rings is 1. The number of rotatable bonds is 9. The Morgan fingerprint density at radius 1 is 1.10 bits per heavy atom. The molecule has 0 unspecified atom stereocenters. The highest BCUT2D eigenvalue weighted by Gasteiger charge is 2.22. The van der Waals surface area contributed by atoms with Crippen LogP contribution in [0.15, 0.2) is 44.2 Å². The maximum absolute atomic E-state index is 12.8. The smallest absolute Gasteiger partial charge is 0.281 e. The molecule has 31 heavy (non-hydrogen) atoms. The minimum atomic E-state index is -4.51. The van der Waals surface area contributed by atoms with Crippen molar-refractivity contribution >= 4 is 31.3 Å². The zero-order valence-corrected chi connectivity index (χ0v) is 18.8. The third-order valence-electron chi connectivity index (χ3n) is 4.37. The molecule has 0 saturated carbocycles. The molecule has 0 atom stereocenters. The molecule has 2 aromatic rings. The van der Waals surface area contributed by atoms with Crippen LogP contribution in [0.1, 0.15) is 17.5 Å². The Labute approximate surface area is 179 Å². The van der Waals surface area contributed by atoms with Crippen molar-refractivity contribution in [1.82, 2.24) is 4.57 Å². The first-order valence-corrected chi connectivity index (χ1v) is 12.5. The molecule has 0 aliphatic carbocycles. The van der Waals surface area contributed by atoms with Gasteiger partial charge in [-0.25, -0.2) is 8.42 Å². The molecule has 2 rings (SSSR count). The van der Waals surface area contributed by atoms with E-state index in [0.717, 1.165) is 10.8 Å². The molecule has 1 aromatic heterocycles. The summed E-state index contributed by atoms with van der Waals surface area (Å²) in [5, 5.41) is 18.3. The number of ether oxygens (including phenoxy) is 1. The summed E-state index contributed by atoms with van der Waals surface area (Å²) in [6.07, 6.45) is 1.41. The molecule has 0 fully saturated rings. The zero-order chi connectivity index (χ0) is 23.4. The maximum Gasteiger partial charge on any atom is 0.281 e. The number of nitrogens with zero attached hydrogens (tertiary/aromatic N) is 3. The fourth-order valence-electron chi connectivity index (χ4n) is 2.77. The summed E-state index contributed by atoms with van der Waals surface area (Å²) in [6, 6.07) is 5.46. The van der Waals surface area contributed by atoms with Crippen molar-refractivity contribution in [2.75, 3.05) is 20.0 Å². The molecule has 11 nitrogen and oxygen atoms in total. The molecule has 13 heteroatoms. The van der Waals surface area contributed by atoms with Gasteiger partial charge < -0.3 is 9.84 Å². The summed E-state index contributed by atoms with van der Waals surface area (Å²) in [7, 11) is -6.43. The second kappa shape index (κ2) is 9.68. The lowest BCUT2D eigenvalue weighted by atomic mass is 10.1. The van der Waals surface area contributed by atoms with Crippen LogP contribution in [0, 0.1) is 6.92 Å². The van der Waals surface area contributed by atoms with Gasteiger partial charge in [0.25, 0.3) is 15.7 Å². The summed E-state index contributed by atoms with van der Waals surface area (Å²) >= 11 is 0. The van der Waals surface area contributed by atoms with E-state index in [1.807, 2.05) is 0 Å². The van der Waals surface area contributed by atoms with Crippen LogP contribution in [0.5, 0.6) is 5.88 Å². The minimum Gasteiger partial charge on any atom is -0.494 e. The summed E-state index contributed by atoms with van der Waals surface area (Å²) < 4.78 is 61.0. The molecule has 0 aliphatic rings. The van der Waals surface area contributed by atoms with E-state index in [0.29, 0.717) is 6.42 Å². The number of hydrogen-bond donors (Lipinski definition) is 2. The Morgan fingerprint density at radius 3 is 2.23 bits per heavy atom. The summed E-state index contributed by atoms with van der Waals surface area (Å²) in [5.74, 6) is -1.51. The van der Waals surface area contributed by atoms with Gasteiger partial charge in [0.2, 0.25) is 0 Å². The highest BCUT2D eigenvalue weighted by Crippen LogP contribution is 2.29. The van der Waals surface area contributed by atoms with Crippen LogP contribution in [0.25, 0.3) is 0 Å². The van der Waals surface area contributed by atoms with Gasteiger partial charge in [0.05, 0.1) is 10.6 Å². The van der Waals surface area contributed by atoms with Gasteiger partial charge >= 0.3 is 0 Å². The van der Waals surface area contributed by atoms with E-state index < -0.39 is 37.1 Å².